The zero-order chi connectivity index (χ0) is 22.3. The van der Waals surface area contributed by atoms with Gasteiger partial charge in [0, 0.05) is 46.9 Å². The molecule has 2 aliphatic rings. The molecule has 2 amide bonds. The minimum Gasteiger partial charge on any atom is -0.354 e. The molecule has 1 saturated heterocycles. The number of anilines is 2. The van der Waals surface area contributed by atoms with Crippen LogP contribution in [-0.4, -0.2) is 32.4 Å². The highest BCUT2D eigenvalue weighted by Crippen LogP contribution is 2.40. The van der Waals surface area contributed by atoms with Crippen molar-refractivity contribution in [3.05, 3.63) is 77.7 Å². The van der Waals surface area contributed by atoms with E-state index < -0.39 is 0 Å². The molecule has 3 heterocycles. The van der Waals surface area contributed by atoms with E-state index in [0.717, 1.165) is 30.6 Å². The molecular weight excluding hydrogens is 518 g/mol. The summed E-state index contributed by atoms with van der Waals surface area (Å²) in [4.78, 5) is 21.9. The largest absolute Gasteiger partial charge is 0.354 e. The summed E-state index contributed by atoms with van der Waals surface area (Å²) in [6.45, 7) is 4.99. The van der Waals surface area contributed by atoms with Crippen LogP contribution in [0.1, 0.15) is 24.5 Å². The second-order valence-corrected chi connectivity index (χ2v) is 11.3. The van der Waals surface area contributed by atoms with Crippen molar-refractivity contribution < 1.29 is 9.18 Å². The fourth-order valence-electron chi connectivity index (χ4n) is 4.49. The number of carbonyl (C=O) groups is 1. The fourth-order valence-corrected chi connectivity index (χ4v) is 5.14. The highest BCUT2D eigenvalue weighted by molar-refractivity contribution is 14.1. The van der Waals surface area contributed by atoms with Gasteiger partial charge in [0.1, 0.15) is 5.82 Å². The number of urea groups is 1. The number of aromatic nitrogens is 1. The Morgan fingerprint density at radius 2 is 1.75 bits per heavy atom. The van der Waals surface area contributed by atoms with Crippen LogP contribution < -0.4 is 10.2 Å². The Hall–Kier alpha value is -2.68. The number of hydrogen-bond acceptors (Lipinski definition) is 3. The van der Waals surface area contributed by atoms with E-state index in [1.807, 2.05) is 24.3 Å². The normalized spacial score (nSPS) is 19.8. The Morgan fingerprint density at radius 3 is 2.41 bits per heavy atom. The van der Waals surface area contributed by atoms with Gasteiger partial charge >= 0.3 is 6.03 Å². The zero-order valence-corrected chi connectivity index (χ0v) is 20.0. The first-order valence-electron chi connectivity index (χ1n) is 10.7. The summed E-state index contributed by atoms with van der Waals surface area (Å²) in [5.41, 5.74) is 3.97. The number of rotatable bonds is 3. The average molecular weight is 542 g/mol. The number of pyridine rings is 1. The van der Waals surface area contributed by atoms with Crippen molar-refractivity contribution in [1.29, 1.82) is 0 Å². The van der Waals surface area contributed by atoms with Gasteiger partial charge in [-0.3, -0.25) is 0 Å². The Balaban J connectivity index is 1.52. The Labute approximate surface area is 200 Å². The summed E-state index contributed by atoms with van der Waals surface area (Å²) in [5.74, 6) is 0.366. The molecule has 2 aliphatic heterocycles. The van der Waals surface area contributed by atoms with Gasteiger partial charge < -0.3 is 15.1 Å². The Morgan fingerprint density at radius 1 is 1.06 bits per heavy atom. The van der Waals surface area contributed by atoms with E-state index in [1.165, 1.54) is 6.07 Å². The van der Waals surface area contributed by atoms with Gasteiger partial charge in [-0.05, 0) is 36.6 Å². The maximum absolute atomic E-state index is 14.7. The second-order valence-electron chi connectivity index (χ2n) is 8.68. The molecule has 1 unspecified atom stereocenters. The third-order valence-corrected chi connectivity index (χ3v) is 7.06. The van der Waals surface area contributed by atoms with Crippen LogP contribution in [0, 0.1) is 5.82 Å². The van der Waals surface area contributed by atoms with Crippen LogP contribution in [0.4, 0.5) is 20.7 Å². The van der Waals surface area contributed by atoms with Gasteiger partial charge in [0.15, 0.2) is 5.82 Å². The Kier molecular flexibility index (Phi) is 5.53. The molecule has 5 rings (SSSR count). The summed E-state index contributed by atoms with van der Waals surface area (Å²) in [6.07, 6.45) is 2.72. The fraction of sp³-hybridized carbons (Fsp3) is 0.280. The number of hydrogen-bond donors (Lipinski definition) is 1. The smallest absolute Gasteiger partial charge is 0.322 e. The molecule has 1 aromatic heterocycles. The third-order valence-electron chi connectivity index (χ3n) is 6.18. The first-order chi connectivity index (χ1) is 15.4. The van der Waals surface area contributed by atoms with Gasteiger partial charge in [-0.1, -0.05) is 65.1 Å². The standard InChI is InChI=1S/C25H24FIN4O/c1-25(27)11-13-30(16-25)23-22(20(10-12-28-23)19-8-4-5-9-21(19)26)29-24(32)31-14-17-6-2-3-7-18(17)15-31/h2-10,12H,11,13-16H2,1H3,(H,29,32). The monoisotopic (exact) mass is 542 g/mol. The third kappa shape index (κ3) is 4.05. The van der Waals surface area contributed by atoms with E-state index in [4.69, 9.17) is 0 Å². The number of nitrogens with zero attached hydrogens (tertiary/aromatic N) is 3. The SMILES string of the molecule is CC1(I)CCN(c2nccc(-c3ccccc3F)c2NC(=O)N2Cc3ccccc3C2)C1. The minimum atomic E-state index is -0.325. The average Bonchev–Trinajstić information content (AvgIpc) is 3.37. The van der Waals surface area contributed by atoms with E-state index >= 15 is 0 Å². The molecule has 1 fully saturated rings. The van der Waals surface area contributed by atoms with E-state index in [0.29, 0.717) is 35.7 Å². The molecule has 5 nitrogen and oxygen atoms in total. The molecule has 0 spiro atoms. The van der Waals surface area contributed by atoms with Gasteiger partial charge in [0.2, 0.25) is 0 Å². The van der Waals surface area contributed by atoms with Crippen molar-refractivity contribution >= 4 is 40.1 Å². The van der Waals surface area contributed by atoms with Crippen molar-refractivity contribution in [2.24, 2.45) is 0 Å². The maximum atomic E-state index is 14.7. The Bertz CT molecular complexity index is 1160. The number of halogens is 2. The molecule has 0 bridgehead atoms. The molecule has 1 atom stereocenters. The first-order valence-corrected chi connectivity index (χ1v) is 11.8. The minimum absolute atomic E-state index is 0.130. The number of fused-ring (bicyclic) bond motifs is 1. The number of carbonyl (C=O) groups excluding carboxylic acids is 1. The molecule has 2 aromatic carbocycles. The number of benzene rings is 2. The lowest BCUT2D eigenvalue weighted by Crippen LogP contribution is -2.32. The second kappa shape index (κ2) is 8.35. The van der Waals surface area contributed by atoms with Crippen LogP contribution in [0.5, 0.6) is 0 Å². The van der Waals surface area contributed by atoms with E-state index in [2.05, 4.69) is 44.7 Å². The van der Waals surface area contributed by atoms with Crippen molar-refractivity contribution in [3.8, 4) is 11.1 Å². The van der Waals surface area contributed by atoms with Gasteiger partial charge in [-0.25, -0.2) is 14.2 Å². The van der Waals surface area contributed by atoms with E-state index in [-0.39, 0.29) is 15.3 Å². The van der Waals surface area contributed by atoms with Crippen molar-refractivity contribution in [1.82, 2.24) is 9.88 Å². The summed E-state index contributed by atoms with van der Waals surface area (Å²) in [7, 11) is 0. The molecule has 7 heteroatoms. The summed E-state index contributed by atoms with van der Waals surface area (Å²) in [6, 6.07) is 16.3. The van der Waals surface area contributed by atoms with Crippen LogP contribution in [-0.2, 0) is 13.1 Å². The highest BCUT2D eigenvalue weighted by atomic mass is 127. The van der Waals surface area contributed by atoms with Crippen molar-refractivity contribution in [3.63, 3.8) is 0 Å². The molecule has 3 aromatic rings. The molecule has 164 valence electrons. The quantitative estimate of drug-likeness (QED) is 0.334. The van der Waals surface area contributed by atoms with Crippen molar-refractivity contribution in [2.75, 3.05) is 23.3 Å². The highest BCUT2D eigenvalue weighted by Gasteiger charge is 2.34. The van der Waals surface area contributed by atoms with Gasteiger partial charge in [0.05, 0.1) is 5.69 Å². The van der Waals surface area contributed by atoms with Crippen LogP contribution in [0.15, 0.2) is 60.8 Å². The number of amides is 2. The predicted octanol–water partition coefficient (Wildman–Crippen LogP) is 5.84. The lowest BCUT2D eigenvalue weighted by atomic mass is 10.0. The van der Waals surface area contributed by atoms with E-state index in [1.54, 1.807) is 35.4 Å². The predicted molar refractivity (Wildman–Crippen MR) is 134 cm³/mol. The van der Waals surface area contributed by atoms with Gasteiger partial charge in [0.25, 0.3) is 0 Å². The topological polar surface area (TPSA) is 48.5 Å². The first kappa shape index (κ1) is 21.2. The maximum Gasteiger partial charge on any atom is 0.322 e. The van der Waals surface area contributed by atoms with Crippen molar-refractivity contribution in [2.45, 2.75) is 29.9 Å². The molecular formula is C25H24FIN4O. The molecule has 0 aliphatic carbocycles. The zero-order valence-electron chi connectivity index (χ0n) is 17.8. The molecule has 32 heavy (non-hydrogen) atoms. The van der Waals surface area contributed by atoms with Gasteiger partial charge in [-0.15, -0.1) is 0 Å². The summed E-state index contributed by atoms with van der Waals surface area (Å²) in [5, 5.41) is 3.10. The van der Waals surface area contributed by atoms with Crippen LogP contribution in [0.25, 0.3) is 11.1 Å². The van der Waals surface area contributed by atoms with Crippen LogP contribution in [0.3, 0.4) is 0 Å². The summed E-state index contributed by atoms with van der Waals surface area (Å²) >= 11 is 2.48. The number of nitrogens with one attached hydrogen (secondary N) is 1. The lowest BCUT2D eigenvalue weighted by molar-refractivity contribution is 0.212. The molecule has 0 radical (unpaired) electrons. The lowest BCUT2D eigenvalue weighted by Gasteiger charge is -2.25. The van der Waals surface area contributed by atoms with E-state index in [9.17, 15) is 9.18 Å². The van der Waals surface area contributed by atoms with Crippen LogP contribution >= 0.6 is 22.6 Å². The van der Waals surface area contributed by atoms with Crippen LogP contribution in [0.2, 0.25) is 0 Å². The molecule has 0 saturated carbocycles. The molecule has 1 N–H and O–H groups in total. The number of alkyl halides is 1. The summed E-state index contributed by atoms with van der Waals surface area (Å²) < 4.78 is 14.9. The van der Waals surface area contributed by atoms with Gasteiger partial charge in [-0.2, -0.15) is 0 Å².